The molecule has 2 unspecified atom stereocenters. The van der Waals surface area contributed by atoms with E-state index in [0.29, 0.717) is 18.8 Å². The minimum absolute atomic E-state index is 0.127. The summed E-state index contributed by atoms with van der Waals surface area (Å²) in [6.07, 6.45) is 6.79. The molecule has 1 aromatic rings. The van der Waals surface area contributed by atoms with Gasteiger partial charge in [0.1, 0.15) is 0 Å². The van der Waals surface area contributed by atoms with Crippen molar-refractivity contribution in [1.82, 2.24) is 4.72 Å². The summed E-state index contributed by atoms with van der Waals surface area (Å²) in [6.45, 7) is 0. The molecule has 2 atom stereocenters. The lowest BCUT2D eigenvalue weighted by molar-refractivity contribution is -0.387. The Morgan fingerprint density at radius 2 is 1.71 bits per heavy atom. The van der Waals surface area contributed by atoms with E-state index in [-0.39, 0.29) is 35.9 Å². The lowest BCUT2D eigenvalue weighted by Gasteiger charge is -2.59. The number of hydrogen-bond donors (Lipinski definition) is 2. The second-order valence-corrected chi connectivity index (χ2v) is 12.7. The number of rotatable bonds is 8. The maximum atomic E-state index is 13.7. The zero-order chi connectivity index (χ0) is 24.3. The van der Waals surface area contributed by atoms with Crippen LogP contribution in [0.1, 0.15) is 64.2 Å². The van der Waals surface area contributed by atoms with Gasteiger partial charge in [0, 0.05) is 17.9 Å². The van der Waals surface area contributed by atoms with Crippen LogP contribution in [0.2, 0.25) is 0 Å². The van der Waals surface area contributed by atoms with Crippen molar-refractivity contribution in [2.45, 2.75) is 74.6 Å². The standard InChI is InChI=1S/C24H31N3O6S/c25-22(29)23-12-15-9-16(13-23)18(17(10-15)14-23)11-21(28)24(7-3-4-8-24)26-34(32,33)20-6-2-1-5-19(20)27(30)31/h1-2,5-6,15-18,26H,3-4,7-14H2,(H2,25,29). The fourth-order valence-corrected chi connectivity index (χ4v) is 9.36. The Morgan fingerprint density at radius 1 is 1.09 bits per heavy atom. The van der Waals surface area contributed by atoms with Crippen molar-refractivity contribution in [3.63, 3.8) is 0 Å². The highest BCUT2D eigenvalue weighted by molar-refractivity contribution is 7.89. The number of nitrogens with two attached hydrogens (primary N) is 1. The highest BCUT2D eigenvalue weighted by atomic mass is 32.2. The molecule has 0 saturated heterocycles. The Morgan fingerprint density at radius 3 is 2.29 bits per heavy atom. The molecule has 9 nitrogen and oxygen atoms in total. The van der Waals surface area contributed by atoms with E-state index in [1.165, 1.54) is 18.2 Å². The summed E-state index contributed by atoms with van der Waals surface area (Å²) in [6, 6.07) is 5.21. The molecular weight excluding hydrogens is 458 g/mol. The average Bonchev–Trinajstić information content (AvgIpc) is 3.24. The molecule has 5 saturated carbocycles. The number of carbonyl (C=O) groups is 2. The predicted molar refractivity (Wildman–Crippen MR) is 123 cm³/mol. The van der Waals surface area contributed by atoms with Crippen molar-refractivity contribution in [2.24, 2.45) is 34.8 Å². The number of hydrogen-bond acceptors (Lipinski definition) is 6. The SMILES string of the molecule is NC(=O)C12CC3CC(C1)C(CC(=O)C1(NS(=O)(=O)c4ccccc4[N+](=O)[O-])CCCC1)C(C3)C2. The van der Waals surface area contributed by atoms with Crippen molar-refractivity contribution in [1.29, 1.82) is 0 Å². The molecule has 0 radical (unpaired) electrons. The van der Waals surface area contributed by atoms with E-state index in [9.17, 15) is 28.1 Å². The molecular formula is C24H31N3O6S. The number of para-hydroxylation sites is 1. The van der Waals surface area contributed by atoms with Gasteiger partial charge in [0.05, 0.1) is 10.5 Å². The van der Waals surface area contributed by atoms with Gasteiger partial charge in [-0.05, 0) is 74.7 Å². The number of primary amides is 1. The summed E-state index contributed by atoms with van der Waals surface area (Å²) in [7, 11) is -4.28. The first-order chi connectivity index (χ1) is 16.1. The summed E-state index contributed by atoms with van der Waals surface area (Å²) in [4.78, 5) is 36.3. The zero-order valence-corrected chi connectivity index (χ0v) is 19.9. The molecule has 5 aliphatic carbocycles. The van der Waals surface area contributed by atoms with Crippen LogP contribution in [-0.4, -0.2) is 30.6 Å². The number of nitro benzene ring substituents is 1. The maximum absolute atomic E-state index is 13.7. The Hall–Kier alpha value is -2.33. The van der Waals surface area contributed by atoms with E-state index in [4.69, 9.17) is 5.73 Å². The van der Waals surface area contributed by atoms with Crippen LogP contribution in [0.3, 0.4) is 0 Å². The molecule has 4 bridgehead atoms. The second-order valence-electron chi connectivity index (χ2n) is 11.0. The summed E-state index contributed by atoms with van der Waals surface area (Å²) in [5, 5.41) is 11.4. The molecule has 6 rings (SSSR count). The van der Waals surface area contributed by atoms with Crippen molar-refractivity contribution in [3.8, 4) is 0 Å². The summed E-state index contributed by atoms with van der Waals surface area (Å²) < 4.78 is 29.1. The number of carbonyl (C=O) groups excluding carboxylic acids is 2. The number of Topliss-reactive ketones (excluding diaryl/α,β-unsaturated/α-hetero) is 1. The highest BCUT2D eigenvalue weighted by Gasteiger charge is 2.58. The van der Waals surface area contributed by atoms with Gasteiger partial charge in [-0.2, -0.15) is 4.72 Å². The lowest BCUT2D eigenvalue weighted by atomic mass is 9.45. The summed E-state index contributed by atoms with van der Waals surface area (Å²) >= 11 is 0. The Labute approximate surface area is 199 Å². The third-order valence-corrected chi connectivity index (χ3v) is 10.7. The molecule has 1 amide bonds. The average molecular weight is 490 g/mol. The molecule has 0 aliphatic heterocycles. The van der Waals surface area contributed by atoms with Gasteiger partial charge in [0.15, 0.2) is 10.7 Å². The number of nitrogens with one attached hydrogen (secondary N) is 1. The normalized spacial score (nSPS) is 33.6. The van der Waals surface area contributed by atoms with E-state index in [0.717, 1.165) is 51.0 Å². The van der Waals surface area contributed by atoms with Gasteiger partial charge >= 0.3 is 0 Å². The van der Waals surface area contributed by atoms with Crippen LogP contribution in [0, 0.1) is 39.2 Å². The molecule has 5 fully saturated rings. The molecule has 1 aromatic carbocycles. The first-order valence-corrected chi connectivity index (χ1v) is 13.6. The largest absolute Gasteiger partial charge is 0.369 e. The molecule has 184 valence electrons. The molecule has 34 heavy (non-hydrogen) atoms. The number of nitro groups is 1. The van der Waals surface area contributed by atoms with Crippen LogP contribution in [0.15, 0.2) is 29.2 Å². The molecule has 10 heteroatoms. The highest BCUT2D eigenvalue weighted by Crippen LogP contribution is 2.63. The van der Waals surface area contributed by atoms with Gasteiger partial charge in [-0.1, -0.05) is 25.0 Å². The first-order valence-electron chi connectivity index (χ1n) is 12.2. The summed E-state index contributed by atoms with van der Waals surface area (Å²) in [5.74, 6) is 0.776. The first kappa shape index (κ1) is 23.4. The number of benzene rings is 1. The van der Waals surface area contributed by atoms with Crippen molar-refractivity contribution < 1.29 is 22.9 Å². The van der Waals surface area contributed by atoms with E-state index in [1.807, 2.05) is 0 Å². The van der Waals surface area contributed by atoms with Crippen molar-refractivity contribution in [2.75, 3.05) is 0 Å². The number of sulfonamides is 1. The van der Waals surface area contributed by atoms with E-state index in [2.05, 4.69) is 4.72 Å². The minimum atomic E-state index is -4.28. The van der Waals surface area contributed by atoms with Gasteiger partial charge in [0.2, 0.25) is 15.9 Å². The fourth-order valence-electron chi connectivity index (χ4n) is 7.74. The van der Waals surface area contributed by atoms with E-state index in [1.54, 1.807) is 0 Å². The molecule has 5 aliphatic rings. The molecule has 0 aromatic heterocycles. The zero-order valence-electron chi connectivity index (χ0n) is 19.1. The van der Waals surface area contributed by atoms with Crippen LogP contribution >= 0.6 is 0 Å². The van der Waals surface area contributed by atoms with E-state index < -0.39 is 36.5 Å². The predicted octanol–water partition coefficient (Wildman–Crippen LogP) is 3.07. The topological polar surface area (TPSA) is 149 Å². The quantitative estimate of drug-likeness (QED) is 0.423. The number of amides is 1. The van der Waals surface area contributed by atoms with Crippen LogP contribution < -0.4 is 10.5 Å². The molecule has 0 spiro atoms. The van der Waals surface area contributed by atoms with E-state index >= 15 is 0 Å². The van der Waals surface area contributed by atoms with Crippen LogP contribution in [-0.2, 0) is 19.6 Å². The third kappa shape index (κ3) is 3.75. The van der Waals surface area contributed by atoms with Crippen LogP contribution in [0.4, 0.5) is 5.69 Å². The third-order valence-electron chi connectivity index (χ3n) is 9.08. The van der Waals surface area contributed by atoms with Gasteiger partial charge in [-0.3, -0.25) is 19.7 Å². The van der Waals surface area contributed by atoms with Gasteiger partial charge in [0.25, 0.3) is 5.69 Å². The monoisotopic (exact) mass is 489 g/mol. The van der Waals surface area contributed by atoms with Crippen LogP contribution in [0.25, 0.3) is 0 Å². The van der Waals surface area contributed by atoms with Gasteiger partial charge in [-0.15, -0.1) is 0 Å². The number of nitrogens with zero attached hydrogens (tertiary/aromatic N) is 1. The Kier molecular flexibility index (Phi) is 5.59. The van der Waals surface area contributed by atoms with Gasteiger partial charge < -0.3 is 5.73 Å². The maximum Gasteiger partial charge on any atom is 0.289 e. The number of ketones is 1. The lowest BCUT2D eigenvalue weighted by Crippen LogP contribution is -2.58. The fraction of sp³-hybridized carbons (Fsp3) is 0.667. The molecule has 3 N–H and O–H groups in total. The smallest absolute Gasteiger partial charge is 0.289 e. The van der Waals surface area contributed by atoms with Crippen LogP contribution in [0.5, 0.6) is 0 Å². The van der Waals surface area contributed by atoms with Crippen molar-refractivity contribution in [3.05, 3.63) is 34.4 Å². The van der Waals surface area contributed by atoms with Crippen molar-refractivity contribution >= 4 is 27.4 Å². The summed E-state index contributed by atoms with van der Waals surface area (Å²) in [5.41, 5.74) is 3.61. The Bertz CT molecular complexity index is 1130. The second kappa shape index (κ2) is 8.12. The Balaban J connectivity index is 1.39. The minimum Gasteiger partial charge on any atom is -0.369 e. The molecule has 0 heterocycles. The van der Waals surface area contributed by atoms with Gasteiger partial charge in [-0.25, -0.2) is 8.42 Å².